The molecule has 0 aromatic heterocycles. The Bertz CT molecular complexity index is 407. The molecule has 0 unspecified atom stereocenters. The first-order valence-corrected chi connectivity index (χ1v) is 4.63. The third kappa shape index (κ3) is 3.10. The maximum Gasteiger partial charge on any atom is 0.416 e. The van der Waals surface area contributed by atoms with Crippen LogP contribution < -0.4 is 10.4 Å². The van der Waals surface area contributed by atoms with E-state index in [-0.39, 0.29) is 5.69 Å². The Hall–Kier alpha value is -1.76. The molecule has 0 bridgehead atoms. The Morgan fingerprint density at radius 1 is 1.41 bits per heavy atom. The van der Waals surface area contributed by atoms with Crippen molar-refractivity contribution in [2.75, 3.05) is 19.2 Å². The molecule has 7 heteroatoms. The number of carbonyl (C=O) groups excluding carboxylic acids is 1. The highest BCUT2D eigenvalue weighted by Gasteiger charge is 2.31. The predicted molar refractivity (Wildman–Crippen MR) is 55.4 cm³/mol. The van der Waals surface area contributed by atoms with Crippen LogP contribution in [0.1, 0.15) is 5.56 Å². The summed E-state index contributed by atoms with van der Waals surface area (Å²) < 4.78 is 37.4. The van der Waals surface area contributed by atoms with E-state index in [0.29, 0.717) is 0 Å². The average Bonchev–Trinajstić information content (AvgIpc) is 2.29. The van der Waals surface area contributed by atoms with Crippen molar-refractivity contribution in [3.8, 4) is 0 Å². The molecule has 0 radical (unpaired) electrons. The van der Waals surface area contributed by atoms with Crippen LogP contribution in [-0.2, 0) is 11.0 Å². The summed E-state index contributed by atoms with van der Waals surface area (Å²) in [4.78, 5) is 16.0. The molecular weight excluding hydrogens is 237 g/mol. The summed E-state index contributed by atoms with van der Waals surface area (Å²) in [7, 11) is 2.54. The molecule has 1 aromatic rings. The molecule has 0 atom stereocenters. The van der Waals surface area contributed by atoms with Crippen molar-refractivity contribution >= 4 is 11.7 Å². The number of hydroxylamine groups is 1. The lowest BCUT2D eigenvalue weighted by Crippen LogP contribution is -2.37. The largest absolute Gasteiger partial charge is 0.416 e. The SMILES string of the molecule is CNC(=O)N(OC)c1cccc(C(F)(F)F)c1. The van der Waals surface area contributed by atoms with Gasteiger partial charge in [-0.15, -0.1) is 0 Å². The number of hydrogen-bond acceptors (Lipinski definition) is 2. The van der Waals surface area contributed by atoms with E-state index >= 15 is 0 Å². The van der Waals surface area contributed by atoms with Crippen molar-refractivity contribution in [3.05, 3.63) is 29.8 Å². The van der Waals surface area contributed by atoms with Crippen LogP contribution in [0.3, 0.4) is 0 Å². The van der Waals surface area contributed by atoms with Gasteiger partial charge >= 0.3 is 12.2 Å². The van der Waals surface area contributed by atoms with Gasteiger partial charge in [-0.2, -0.15) is 18.2 Å². The first kappa shape index (κ1) is 13.3. The number of halogens is 3. The summed E-state index contributed by atoms with van der Waals surface area (Å²) in [5, 5.41) is 2.98. The van der Waals surface area contributed by atoms with Gasteiger partial charge in [0.1, 0.15) is 0 Å². The molecule has 0 spiro atoms. The molecule has 17 heavy (non-hydrogen) atoms. The molecule has 0 saturated carbocycles. The number of carbonyl (C=O) groups is 1. The quantitative estimate of drug-likeness (QED) is 0.816. The lowest BCUT2D eigenvalue weighted by Gasteiger charge is -2.19. The smallest absolute Gasteiger partial charge is 0.339 e. The highest BCUT2D eigenvalue weighted by atomic mass is 19.4. The highest BCUT2D eigenvalue weighted by molar-refractivity contribution is 5.89. The minimum Gasteiger partial charge on any atom is -0.339 e. The topological polar surface area (TPSA) is 41.6 Å². The summed E-state index contributed by atoms with van der Waals surface area (Å²) in [5.41, 5.74) is -0.845. The number of amides is 2. The minimum absolute atomic E-state index is 0.00155. The van der Waals surface area contributed by atoms with Crippen LogP contribution in [-0.4, -0.2) is 20.2 Å². The second-order valence-corrected chi connectivity index (χ2v) is 3.08. The molecule has 1 aromatic carbocycles. The number of alkyl halides is 3. The van der Waals surface area contributed by atoms with Gasteiger partial charge in [0.05, 0.1) is 18.4 Å². The molecule has 0 aliphatic heterocycles. The van der Waals surface area contributed by atoms with E-state index in [4.69, 9.17) is 4.84 Å². The van der Waals surface area contributed by atoms with Crippen molar-refractivity contribution in [1.29, 1.82) is 0 Å². The molecule has 0 aliphatic carbocycles. The number of rotatable bonds is 2. The Morgan fingerprint density at radius 3 is 2.53 bits per heavy atom. The Labute approximate surface area is 95.9 Å². The van der Waals surface area contributed by atoms with Crippen LogP contribution in [0.15, 0.2) is 24.3 Å². The Morgan fingerprint density at radius 2 is 2.06 bits per heavy atom. The van der Waals surface area contributed by atoms with Crippen molar-refractivity contribution < 1.29 is 22.8 Å². The van der Waals surface area contributed by atoms with Crippen LogP contribution in [0.5, 0.6) is 0 Å². The minimum atomic E-state index is -4.46. The zero-order valence-corrected chi connectivity index (χ0v) is 9.21. The van der Waals surface area contributed by atoms with Gasteiger partial charge in [0.25, 0.3) is 0 Å². The second kappa shape index (κ2) is 5.05. The molecule has 0 aliphatic rings. The van der Waals surface area contributed by atoms with E-state index < -0.39 is 17.8 Å². The number of anilines is 1. The summed E-state index contributed by atoms with van der Waals surface area (Å²) in [6, 6.07) is 3.63. The first-order chi connectivity index (χ1) is 7.90. The lowest BCUT2D eigenvalue weighted by molar-refractivity contribution is -0.137. The van der Waals surface area contributed by atoms with E-state index in [1.807, 2.05) is 0 Å². The van der Waals surface area contributed by atoms with Crippen LogP contribution in [0, 0.1) is 0 Å². The van der Waals surface area contributed by atoms with Gasteiger partial charge in [-0.1, -0.05) is 6.07 Å². The van der Waals surface area contributed by atoms with Crippen molar-refractivity contribution in [3.63, 3.8) is 0 Å². The van der Waals surface area contributed by atoms with Gasteiger partial charge < -0.3 is 5.32 Å². The molecule has 2 amide bonds. The van der Waals surface area contributed by atoms with Gasteiger partial charge in [-0.05, 0) is 18.2 Å². The van der Waals surface area contributed by atoms with Crippen molar-refractivity contribution in [2.24, 2.45) is 0 Å². The zero-order valence-electron chi connectivity index (χ0n) is 9.21. The van der Waals surface area contributed by atoms with Gasteiger partial charge in [0.15, 0.2) is 0 Å². The van der Waals surface area contributed by atoms with E-state index in [2.05, 4.69) is 5.32 Å². The molecule has 4 nitrogen and oxygen atoms in total. The van der Waals surface area contributed by atoms with Crippen LogP contribution in [0.2, 0.25) is 0 Å². The van der Waals surface area contributed by atoms with Crippen LogP contribution >= 0.6 is 0 Å². The van der Waals surface area contributed by atoms with E-state index in [1.165, 1.54) is 26.3 Å². The normalized spacial score (nSPS) is 11.1. The molecule has 0 saturated heterocycles. The third-order valence-corrected chi connectivity index (χ3v) is 1.99. The molecule has 0 heterocycles. The van der Waals surface area contributed by atoms with Gasteiger partial charge in [0, 0.05) is 7.05 Å². The maximum atomic E-state index is 12.5. The van der Waals surface area contributed by atoms with Crippen molar-refractivity contribution in [1.82, 2.24) is 5.32 Å². The van der Waals surface area contributed by atoms with Gasteiger partial charge in [0.2, 0.25) is 0 Å². The fourth-order valence-electron chi connectivity index (χ4n) is 1.22. The van der Waals surface area contributed by atoms with Gasteiger partial charge in [-0.3, -0.25) is 4.84 Å². The standard InChI is InChI=1S/C10H11F3N2O2/c1-14-9(16)15(17-2)8-5-3-4-7(6-8)10(11,12)13/h3-6H,1-2H3,(H,14,16). The number of nitrogens with one attached hydrogen (secondary N) is 1. The lowest BCUT2D eigenvalue weighted by atomic mass is 10.2. The summed E-state index contributed by atoms with van der Waals surface area (Å²) in [5.74, 6) is 0. The predicted octanol–water partition coefficient (Wildman–Crippen LogP) is 2.41. The van der Waals surface area contributed by atoms with Crippen LogP contribution in [0.4, 0.5) is 23.7 Å². The number of urea groups is 1. The fraction of sp³-hybridized carbons (Fsp3) is 0.300. The Balaban J connectivity index is 3.10. The van der Waals surface area contributed by atoms with E-state index in [0.717, 1.165) is 17.2 Å². The first-order valence-electron chi connectivity index (χ1n) is 4.63. The fourth-order valence-corrected chi connectivity index (χ4v) is 1.22. The van der Waals surface area contributed by atoms with Crippen molar-refractivity contribution in [2.45, 2.75) is 6.18 Å². The highest BCUT2D eigenvalue weighted by Crippen LogP contribution is 2.31. The number of hydrogen-bond donors (Lipinski definition) is 1. The zero-order chi connectivity index (χ0) is 13.1. The second-order valence-electron chi connectivity index (χ2n) is 3.08. The number of nitrogens with zero attached hydrogens (tertiary/aromatic N) is 1. The molecule has 0 fully saturated rings. The van der Waals surface area contributed by atoms with E-state index in [9.17, 15) is 18.0 Å². The van der Waals surface area contributed by atoms with Crippen LogP contribution in [0.25, 0.3) is 0 Å². The summed E-state index contributed by atoms with van der Waals surface area (Å²) in [6.45, 7) is 0. The summed E-state index contributed by atoms with van der Waals surface area (Å²) >= 11 is 0. The molecule has 1 rings (SSSR count). The molecule has 1 N–H and O–H groups in total. The third-order valence-electron chi connectivity index (χ3n) is 1.99. The Kier molecular flexibility index (Phi) is 3.95. The van der Waals surface area contributed by atoms with Gasteiger partial charge in [-0.25, -0.2) is 4.79 Å². The molecular formula is C10H11F3N2O2. The monoisotopic (exact) mass is 248 g/mol. The van der Waals surface area contributed by atoms with E-state index in [1.54, 1.807) is 0 Å². The average molecular weight is 248 g/mol. The molecule has 94 valence electrons. The maximum absolute atomic E-state index is 12.5. The number of benzene rings is 1. The summed E-state index contributed by atoms with van der Waals surface area (Å²) in [6.07, 6.45) is -4.46.